The lowest BCUT2D eigenvalue weighted by molar-refractivity contribution is 0.0937. The van der Waals surface area contributed by atoms with E-state index < -0.39 is 0 Å². The van der Waals surface area contributed by atoms with Gasteiger partial charge in [0, 0.05) is 18.9 Å². The molecule has 0 amide bonds. The number of ether oxygens (including phenoxy) is 1. The number of aryl methyl sites for hydroxylation is 1. The molecule has 2 unspecified atom stereocenters. The van der Waals surface area contributed by atoms with Gasteiger partial charge in [0.2, 0.25) is 0 Å². The predicted octanol–water partition coefficient (Wildman–Crippen LogP) is 2.42. The largest absolute Gasteiger partial charge is 0.371 e. The van der Waals surface area contributed by atoms with Crippen LogP contribution in [0.15, 0.2) is 0 Å². The molecule has 1 aromatic heterocycles. The molecule has 14 heavy (non-hydrogen) atoms. The fraction of sp³-hybridized carbons (Fsp3) is 0.778. The summed E-state index contributed by atoms with van der Waals surface area (Å²) in [4.78, 5) is 0. The van der Waals surface area contributed by atoms with E-state index in [0.29, 0.717) is 11.8 Å². The Kier molecular flexibility index (Phi) is 3.36. The highest BCUT2D eigenvalue weighted by atomic mass is 35.5. The van der Waals surface area contributed by atoms with Crippen LogP contribution in [0.25, 0.3) is 0 Å². The first-order chi connectivity index (χ1) is 6.81. The Morgan fingerprint density at radius 3 is 3.07 bits per heavy atom. The lowest BCUT2D eigenvalue weighted by atomic mass is 10.1. The van der Waals surface area contributed by atoms with Crippen LogP contribution in [-0.4, -0.2) is 22.7 Å². The van der Waals surface area contributed by atoms with Crippen molar-refractivity contribution >= 4 is 22.9 Å². The predicted molar refractivity (Wildman–Crippen MR) is 56.8 cm³/mol. The van der Waals surface area contributed by atoms with Crippen molar-refractivity contribution in [2.75, 3.05) is 12.5 Å². The summed E-state index contributed by atoms with van der Waals surface area (Å²) in [6, 6.07) is 0. The SMILES string of the molecule is CC1CCOC1c1nnc(CCCl)s1. The summed E-state index contributed by atoms with van der Waals surface area (Å²) in [7, 11) is 0. The molecular weight excluding hydrogens is 220 g/mol. The minimum Gasteiger partial charge on any atom is -0.371 e. The molecule has 5 heteroatoms. The maximum Gasteiger partial charge on any atom is 0.146 e. The molecule has 78 valence electrons. The van der Waals surface area contributed by atoms with Gasteiger partial charge >= 0.3 is 0 Å². The Morgan fingerprint density at radius 2 is 2.43 bits per heavy atom. The van der Waals surface area contributed by atoms with Crippen molar-refractivity contribution in [1.29, 1.82) is 0 Å². The maximum absolute atomic E-state index is 5.64. The van der Waals surface area contributed by atoms with E-state index in [9.17, 15) is 0 Å². The van der Waals surface area contributed by atoms with E-state index in [4.69, 9.17) is 16.3 Å². The normalized spacial score (nSPS) is 27.0. The molecular formula is C9H13ClN2OS. The van der Waals surface area contributed by atoms with Crippen molar-refractivity contribution in [3.8, 4) is 0 Å². The molecule has 0 aromatic carbocycles. The number of nitrogens with zero attached hydrogens (tertiary/aromatic N) is 2. The van der Waals surface area contributed by atoms with Gasteiger partial charge in [-0.3, -0.25) is 0 Å². The number of hydrogen-bond acceptors (Lipinski definition) is 4. The van der Waals surface area contributed by atoms with E-state index in [-0.39, 0.29) is 6.10 Å². The van der Waals surface area contributed by atoms with Crippen molar-refractivity contribution in [1.82, 2.24) is 10.2 Å². The molecule has 3 nitrogen and oxygen atoms in total. The van der Waals surface area contributed by atoms with Gasteiger partial charge in [-0.2, -0.15) is 0 Å². The van der Waals surface area contributed by atoms with Crippen LogP contribution in [0.3, 0.4) is 0 Å². The highest BCUT2D eigenvalue weighted by molar-refractivity contribution is 7.11. The highest BCUT2D eigenvalue weighted by Crippen LogP contribution is 2.35. The second-order valence-corrected chi connectivity index (χ2v) is 5.00. The third kappa shape index (κ3) is 2.07. The van der Waals surface area contributed by atoms with E-state index in [0.717, 1.165) is 29.5 Å². The minimum atomic E-state index is 0.163. The first-order valence-corrected chi connectivity index (χ1v) is 6.16. The second kappa shape index (κ2) is 4.55. The Labute approximate surface area is 92.4 Å². The number of halogens is 1. The van der Waals surface area contributed by atoms with Gasteiger partial charge in [-0.25, -0.2) is 0 Å². The topological polar surface area (TPSA) is 35.0 Å². The molecule has 1 saturated heterocycles. The third-order valence-electron chi connectivity index (χ3n) is 2.42. The van der Waals surface area contributed by atoms with Crippen LogP contribution in [0.2, 0.25) is 0 Å². The zero-order valence-corrected chi connectivity index (χ0v) is 9.64. The van der Waals surface area contributed by atoms with Crippen LogP contribution in [-0.2, 0) is 11.2 Å². The third-order valence-corrected chi connectivity index (χ3v) is 3.66. The Morgan fingerprint density at radius 1 is 1.57 bits per heavy atom. The van der Waals surface area contributed by atoms with E-state index in [1.54, 1.807) is 11.3 Å². The van der Waals surface area contributed by atoms with E-state index in [1.807, 2.05) is 0 Å². The molecule has 0 spiro atoms. The fourth-order valence-electron chi connectivity index (χ4n) is 1.57. The molecule has 1 aliphatic heterocycles. The van der Waals surface area contributed by atoms with Gasteiger partial charge in [0.1, 0.15) is 16.1 Å². The van der Waals surface area contributed by atoms with Crippen LogP contribution in [0.5, 0.6) is 0 Å². The van der Waals surface area contributed by atoms with Gasteiger partial charge in [-0.15, -0.1) is 21.8 Å². The monoisotopic (exact) mass is 232 g/mol. The standard InChI is InChI=1S/C9H13ClN2OS/c1-6-3-5-13-8(6)9-12-11-7(14-9)2-4-10/h6,8H,2-5H2,1H3. The van der Waals surface area contributed by atoms with Crippen LogP contribution in [0.4, 0.5) is 0 Å². The summed E-state index contributed by atoms with van der Waals surface area (Å²) in [6.45, 7) is 3.04. The van der Waals surface area contributed by atoms with Crippen molar-refractivity contribution in [2.24, 2.45) is 5.92 Å². The van der Waals surface area contributed by atoms with Gasteiger partial charge in [0.05, 0.1) is 0 Å². The smallest absolute Gasteiger partial charge is 0.146 e. The molecule has 0 N–H and O–H groups in total. The summed E-state index contributed by atoms with van der Waals surface area (Å²) in [5.74, 6) is 1.17. The minimum absolute atomic E-state index is 0.163. The van der Waals surface area contributed by atoms with Crippen molar-refractivity contribution in [3.05, 3.63) is 10.0 Å². The number of aromatic nitrogens is 2. The first-order valence-electron chi connectivity index (χ1n) is 4.81. The van der Waals surface area contributed by atoms with Gasteiger partial charge in [-0.05, 0) is 12.3 Å². The quantitative estimate of drug-likeness (QED) is 0.751. The molecule has 0 aliphatic carbocycles. The molecule has 1 aliphatic rings. The summed E-state index contributed by atoms with van der Waals surface area (Å²) < 4.78 is 5.62. The van der Waals surface area contributed by atoms with Crippen LogP contribution < -0.4 is 0 Å². The Bertz CT molecular complexity index is 305. The zero-order chi connectivity index (χ0) is 9.97. The van der Waals surface area contributed by atoms with Gasteiger partial charge in [0.25, 0.3) is 0 Å². The highest BCUT2D eigenvalue weighted by Gasteiger charge is 2.28. The summed E-state index contributed by atoms with van der Waals surface area (Å²) in [5.41, 5.74) is 0. The molecule has 2 heterocycles. The van der Waals surface area contributed by atoms with Crippen LogP contribution >= 0.6 is 22.9 Å². The first kappa shape index (κ1) is 10.3. The van der Waals surface area contributed by atoms with Crippen molar-refractivity contribution in [3.63, 3.8) is 0 Å². The fourth-order valence-corrected chi connectivity index (χ4v) is 2.89. The molecule has 0 saturated carbocycles. The van der Waals surface area contributed by atoms with E-state index >= 15 is 0 Å². The molecule has 2 rings (SSSR count). The molecule has 1 fully saturated rings. The van der Waals surface area contributed by atoms with Crippen molar-refractivity contribution in [2.45, 2.75) is 25.9 Å². The average molecular weight is 233 g/mol. The van der Waals surface area contributed by atoms with E-state index in [1.165, 1.54) is 0 Å². The molecule has 0 radical (unpaired) electrons. The second-order valence-electron chi connectivity index (χ2n) is 3.53. The maximum atomic E-state index is 5.64. The van der Waals surface area contributed by atoms with Gasteiger partial charge < -0.3 is 4.74 Å². The molecule has 2 atom stereocenters. The number of rotatable bonds is 3. The zero-order valence-electron chi connectivity index (χ0n) is 8.07. The Balaban J connectivity index is 2.08. The lowest BCUT2D eigenvalue weighted by Crippen LogP contribution is -2.02. The Hall–Kier alpha value is -0.190. The van der Waals surface area contributed by atoms with Gasteiger partial charge in [-0.1, -0.05) is 18.3 Å². The summed E-state index contributed by atoms with van der Waals surface area (Å²) in [6.07, 6.45) is 2.09. The number of alkyl halides is 1. The van der Waals surface area contributed by atoms with E-state index in [2.05, 4.69) is 17.1 Å². The average Bonchev–Trinajstić information content (AvgIpc) is 2.74. The van der Waals surface area contributed by atoms with Crippen LogP contribution in [0.1, 0.15) is 29.5 Å². The van der Waals surface area contributed by atoms with Crippen LogP contribution in [0, 0.1) is 5.92 Å². The molecule has 1 aromatic rings. The number of hydrogen-bond donors (Lipinski definition) is 0. The van der Waals surface area contributed by atoms with Gasteiger partial charge in [0.15, 0.2) is 0 Å². The molecule has 0 bridgehead atoms. The lowest BCUT2D eigenvalue weighted by Gasteiger charge is -2.09. The summed E-state index contributed by atoms with van der Waals surface area (Å²) >= 11 is 7.27. The summed E-state index contributed by atoms with van der Waals surface area (Å²) in [5, 5.41) is 10.3. The van der Waals surface area contributed by atoms with Crippen molar-refractivity contribution < 1.29 is 4.74 Å².